The number of nitrogens with zero attached hydrogens (tertiary/aromatic N) is 3. The second-order valence-electron chi connectivity index (χ2n) is 8.65. The van der Waals surface area contributed by atoms with Gasteiger partial charge in [-0.15, -0.1) is 10.2 Å². The van der Waals surface area contributed by atoms with Crippen molar-refractivity contribution < 1.29 is 14.3 Å². The molecule has 1 aromatic heterocycles. The number of hydrogen-bond acceptors (Lipinski definition) is 6. The van der Waals surface area contributed by atoms with Gasteiger partial charge < -0.3 is 19.7 Å². The summed E-state index contributed by atoms with van der Waals surface area (Å²) in [5.74, 6) is 0.0913. The zero-order valence-corrected chi connectivity index (χ0v) is 17.3. The number of rotatable bonds is 3. The van der Waals surface area contributed by atoms with Gasteiger partial charge in [0.2, 0.25) is 0 Å². The number of ether oxygens (including phenoxy) is 2. The van der Waals surface area contributed by atoms with Crippen LogP contribution in [-0.4, -0.2) is 48.2 Å². The molecule has 0 unspecified atom stereocenters. The molecule has 2 fully saturated rings. The molecule has 0 aliphatic carbocycles. The van der Waals surface area contributed by atoms with Crippen molar-refractivity contribution in [3.05, 3.63) is 47.7 Å². The van der Waals surface area contributed by atoms with Gasteiger partial charge in [-0.1, -0.05) is 32.9 Å². The molecule has 0 saturated carbocycles. The van der Waals surface area contributed by atoms with Crippen molar-refractivity contribution in [2.45, 2.75) is 44.8 Å². The largest absolute Gasteiger partial charge is 0.355 e. The summed E-state index contributed by atoms with van der Waals surface area (Å²) in [6, 6.07) is 11.5. The smallest absolute Gasteiger partial charge is 0.276 e. The Labute approximate surface area is 171 Å². The summed E-state index contributed by atoms with van der Waals surface area (Å²) in [5, 5.41) is 11.3. The van der Waals surface area contributed by atoms with Crippen LogP contribution in [-0.2, 0) is 14.9 Å². The third-order valence-electron chi connectivity index (χ3n) is 5.55. The summed E-state index contributed by atoms with van der Waals surface area (Å²) in [7, 11) is 0. The summed E-state index contributed by atoms with van der Waals surface area (Å²) in [5.41, 5.74) is 2.33. The monoisotopic (exact) mass is 396 g/mol. The average Bonchev–Trinajstić information content (AvgIpc) is 3.16. The molecule has 0 radical (unpaired) electrons. The molecule has 2 aliphatic rings. The predicted octanol–water partition coefficient (Wildman–Crippen LogP) is 3.37. The maximum absolute atomic E-state index is 12.5. The lowest BCUT2D eigenvalue weighted by atomic mass is 9.87. The molecule has 29 heavy (non-hydrogen) atoms. The van der Waals surface area contributed by atoms with E-state index in [0.29, 0.717) is 18.9 Å². The molecular weight excluding hydrogens is 368 g/mol. The van der Waals surface area contributed by atoms with Gasteiger partial charge in [-0.3, -0.25) is 4.79 Å². The topological polar surface area (TPSA) is 76.6 Å². The van der Waals surface area contributed by atoms with Crippen LogP contribution in [0.1, 0.15) is 49.7 Å². The van der Waals surface area contributed by atoms with E-state index in [9.17, 15) is 4.79 Å². The molecule has 1 spiro atoms. The highest BCUT2D eigenvalue weighted by atomic mass is 16.7. The highest BCUT2D eigenvalue weighted by molar-refractivity contribution is 6.02. The van der Waals surface area contributed by atoms with Crippen LogP contribution in [0.3, 0.4) is 0 Å². The Morgan fingerprint density at radius 1 is 1.00 bits per heavy atom. The van der Waals surface area contributed by atoms with Gasteiger partial charge in [0.1, 0.15) is 0 Å². The van der Waals surface area contributed by atoms with Crippen LogP contribution < -0.4 is 10.2 Å². The Kier molecular flexibility index (Phi) is 5.27. The Morgan fingerprint density at radius 3 is 2.21 bits per heavy atom. The first-order valence-corrected chi connectivity index (χ1v) is 10.1. The lowest BCUT2D eigenvalue weighted by molar-refractivity contribution is -0.169. The zero-order valence-electron chi connectivity index (χ0n) is 17.3. The number of carbonyl (C=O) groups is 1. The number of benzene rings is 1. The molecule has 2 aromatic rings. The number of piperidine rings is 1. The quantitative estimate of drug-likeness (QED) is 0.857. The van der Waals surface area contributed by atoms with E-state index in [1.165, 1.54) is 5.56 Å². The minimum atomic E-state index is -0.410. The van der Waals surface area contributed by atoms with Crippen molar-refractivity contribution >= 4 is 17.4 Å². The number of hydrogen-bond donors (Lipinski definition) is 1. The molecule has 1 aromatic carbocycles. The molecule has 2 aliphatic heterocycles. The van der Waals surface area contributed by atoms with Gasteiger partial charge in [0.15, 0.2) is 17.3 Å². The number of anilines is 2. The Balaban J connectivity index is 1.36. The lowest BCUT2D eigenvalue weighted by Gasteiger charge is -2.37. The van der Waals surface area contributed by atoms with Crippen molar-refractivity contribution in [3.63, 3.8) is 0 Å². The molecular formula is C22H28N4O3. The van der Waals surface area contributed by atoms with Gasteiger partial charge in [0.05, 0.1) is 13.2 Å². The van der Waals surface area contributed by atoms with E-state index in [-0.39, 0.29) is 11.3 Å². The third kappa shape index (κ3) is 4.41. The summed E-state index contributed by atoms with van der Waals surface area (Å²) in [4.78, 5) is 14.6. The molecule has 0 bridgehead atoms. The van der Waals surface area contributed by atoms with Crippen LogP contribution in [0.25, 0.3) is 0 Å². The maximum atomic E-state index is 12.5. The molecule has 1 amide bonds. The SMILES string of the molecule is CC(C)(C)c1ccc(NC(=O)c2ccc(N3CCC4(CC3)OCCO4)nn2)cc1. The van der Waals surface area contributed by atoms with Crippen LogP contribution in [0.2, 0.25) is 0 Å². The third-order valence-corrected chi connectivity index (χ3v) is 5.55. The fourth-order valence-electron chi connectivity index (χ4n) is 3.73. The lowest BCUT2D eigenvalue weighted by Crippen LogP contribution is -2.45. The van der Waals surface area contributed by atoms with Gasteiger partial charge >= 0.3 is 0 Å². The van der Waals surface area contributed by atoms with Crippen molar-refractivity contribution in [2.75, 3.05) is 36.5 Å². The maximum Gasteiger partial charge on any atom is 0.276 e. The highest BCUT2D eigenvalue weighted by Gasteiger charge is 2.40. The standard InChI is InChI=1S/C22H28N4O3/c1-21(2,3)16-4-6-17(7-5-16)23-20(27)18-8-9-19(25-24-18)26-12-10-22(11-13-26)28-14-15-29-22/h4-9H,10-15H2,1-3H3,(H,23,27). The van der Waals surface area contributed by atoms with Crippen molar-refractivity contribution in [2.24, 2.45) is 0 Å². The molecule has 1 N–H and O–H groups in total. The molecule has 3 heterocycles. The fourth-order valence-corrected chi connectivity index (χ4v) is 3.73. The molecule has 4 rings (SSSR count). The van der Waals surface area contributed by atoms with Crippen molar-refractivity contribution in [1.29, 1.82) is 0 Å². The van der Waals surface area contributed by atoms with E-state index >= 15 is 0 Å². The van der Waals surface area contributed by atoms with Crippen LogP contribution in [0.5, 0.6) is 0 Å². The first-order chi connectivity index (χ1) is 13.8. The Bertz CT molecular complexity index is 843. The fraction of sp³-hybridized carbons (Fsp3) is 0.500. The van der Waals surface area contributed by atoms with E-state index in [2.05, 4.69) is 41.2 Å². The second kappa shape index (κ2) is 7.72. The number of aromatic nitrogens is 2. The van der Waals surface area contributed by atoms with Gasteiger partial charge in [0.25, 0.3) is 5.91 Å². The van der Waals surface area contributed by atoms with Crippen molar-refractivity contribution in [3.8, 4) is 0 Å². The van der Waals surface area contributed by atoms with Crippen LogP contribution >= 0.6 is 0 Å². The average molecular weight is 396 g/mol. The van der Waals surface area contributed by atoms with Gasteiger partial charge in [-0.25, -0.2) is 0 Å². The summed E-state index contributed by atoms with van der Waals surface area (Å²) in [6.07, 6.45) is 1.61. The minimum Gasteiger partial charge on any atom is -0.355 e. The number of nitrogens with one attached hydrogen (secondary N) is 1. The van der Waals surface area contributed by atoms with Crippen LogP contribution in [0.15, 0.2) is 36.4 Å². The Morgan fingerprint density at radius 2 is 1.66 bits per heavy atom. The predicted molar refractivity (Wildman–Crippen MR) is 111 cm³/mol. The van der Waals surface area contributed by atoms with Crippen LogP contribution in [0, 0.1) is 0 Å². The summed E-state index contributed by atoms with van der Waals surface area (Å²) >= 11 is 0. The molecule has 2 saturated heterocycles. The first kappa shape index (κ1) is 19.8. The Hall–Kier alpha value is -2.51. The van der Waals surface area contributed by atoms with Crippen molar-refractivity contribution in [1.82, 2.24) is 10.2 Å². The normalized spacial score (nSPS) is 18.8. The van der Waals surface area contributed by atoms with Gasteiger partial charge in [-0.05, 0) is 35.2 Å². The molecule has 154 valence electrons. The molecule has 7 nitrogen and oxygen atoms in total. The zero-order chi connectivity index (χ0) is 20.5. The molecule has 0 atom stereocenters. The second-order valence-corrected chi connectivity index (χ2v) is 8.65. The van der Waals surface area contributed by atoms with Gasteiger partial charge in [-0.2, -0.15) is 0 Å². The molecule has 7 heteroatoms. The minimum absolute atomic E-state index is 0.0773. The van der Waals surface area contributed by atoms with E-state index < -0.39 is 5.79 Å². The summed E-state index contributed by atoms with van der Waals surface area (Å²) in [6.45, 7) is 9.40. The van der Waals surface area contributed by atoms with Crippen LogP contribution in [0.4, 0.5) is 11.5 Å². The number of carbonyl (C=O) groups excluding carboxylic acids is 1. The van der Waals surface area contributed by atoms with Gasteiger partial charge in [0, 0.05) is 31.6 Å². The highest BCUT2D eigenvalue weighted by Crippen LogP contribution is 2.32. The summed E-state index contributed by atoms with van der Waals surface area (Å²) < 4.78 is 11.5. The first-order valence-electron chi connectivity index (χ1n) is 10.1. The van der Waals surface area contributed by atoms with E-state index in [1.54, 1.807) is 6.07 Å². The number of amides is 1. The van der Waals surface area contributed by atoms with E-state index in [4.69, 9.17) is 9.47 Å². The van der Waals surface area contributed by atoms with E-state index in [0.717, 1.165) is 37.4 Å². The van der Waals surface area contributed by atoms with E-state index in [1.807, 2.05) is 30.3 Å².